The van der Waals surface area contributed by atoms with E-state index in [0.717, 1.165) is 40.2 Å². The number of nitrogens with one attached hydrogen (secondary N) is 2. The third-order valence-electron chi connectivity index (χ3n) is 5.70. The van der Waals surface area contributed by atoms with Crippen LogP contribution in [0.1, 0.15) is 29.8 Å². The van der Waals surface area contributed by atoms with Crippen LogP contribution in [0.2, 0.25) is 15.1 Å². The zero-order valence-electron chi connectivity index (χ0n) is 17.2. The molecular formula is C23H24Cl3N3OS. The van der Waals surface area contributed by atoms with Crippen molar-refractivity contribution in [1.29, 1.82) is 0 Å². The van der Waals surface area contributed by atoms with E-state index in [0.29, 0.717) is 33.2 Å². The molecule has 0 aliphatic carbocycles. The van der Waals surface area contributed by atoms with Gasteiger partial charge in [-0.2, -0.15) is 0 Å². The number of nitrogens with zero attached hydrogens (tertiary/aromatic N) is 1. The highest BCUT2D eigenvalue weighted by atomic mass is 35.5. The van der Waals surface area contributed by atoms with Crippen molar-refractivity contribution in [3.05, 3.63) is 57.2 Å². The first kappa shape index (κ1) is 22.8. The number of benzene rings is 2. The maximum Gasteiger partial charge on any atom is 0.267 e. The predicted molar refractivity (Wildman–Crippen MR) is 131 cm³/mol. The van der Waals surface area contributed by atoms with Gasteiger partial charge in [0.1, 0.15) is 5.69 Å². The topological polar surface area (TPSA) is 48.1 Å². The lowest BCUT2D eigenvalue weighted by molar-refractivity contribution is 0.0944. The van der Waals surface area contributed by atoms with Crippen molar-refractivity contribution in [2.24, 2.45) is 5.92 Å². The zero-order chi connectivity index (χ0) is 22.0. The summed E-state index contributed by atoms with van der Waals surface area (Å²) in [5.41, 5.74) is 1.35. The van der Waals surface area contributed by atoms with Crippen LogP contribution in [0.25, 0.3) is 10.9 Å². The predicted octanol–water partition coefficient (Wildman–Crippen LogP) is 6.74. The molecule has 1 aliphatic heterocycles. The molecule has 1 aliphatic rings. The van der Waals surface area contributed by atoms with E-state index in [1.54, 1.807) is 12.1 Å². The molecule has 0 saturated carbocycles. The number of hydrogen-bond donors (Lipinski definition) is 2. The third-order valence-corrected chi connectivity index (χ3v) is 7.71. The van der Waals surface area contributed by atoms with Gasteiger partial charge in [-0.05, 0) is 81.7 Å². The molecule has 8 heteroatoms. The van der Waals surface area contributed by atoms with Gasteiger partial charge in [0.25, 0.3) is 5.91 Å². The van der Waals surface area contributed by atoms with E-state index >= 15 is 0 Å². The van der Waals surface area contributed by atoms with Crippen molar-refractivity contribution < 1.29 is 4.79 Å². The molecule has 0 radical (unpaired) electrons. The highest BCUT2D eigenvalue weighted by Gasteiger charge is 2.18. The van der Waals surface area contributed by atoms with Gasteiger partial charge in [-0.1, -0.05) is 46.6 Å². The van der Waals surface area contributed by atoms with Gasteiger partial charge >= 0.3 is 0 Å². The van der Waals surface area contributed by atoms with Crippen LogP contribution in [0.3, 0.4) is 0 Å². The van der Waals surface area contributed by atoms with Crippen LogP contribution in [-0.2, 0) is 0 Å². The maximum atomic E-state index is 12.7. The molecule has 31 heavy (non-hydrogen) atoms. The van der Waals surface area contributed by atoms with E-state index in [2.05, 4.69) is 22.2 Å². The first-order chi connectivity index (χ1) is 14.9. The molecule has 4 nitrogen and oxygen atoms in total. The molecule has 2 heterocycles. The number of aromatic amines is 1. The number of likely N-dealkylation sites (tertiary alicyclic amines) is 1. The Labute approximate surface area is 201 Å². The Kier molecular flexibility index (Phi) is 7.40. The van der Waals surface area contributed by atoms with Crippen LogP contribution in [0, 0.1) is 5.92 Å². The number of piperidine rings is 1. The average molecular weight is 497 g/mol. The second kappa shape index (κ2) is 10.1. The SMILES string of the molecule is CN1CCC(CCNC(=O)c2cc3c(Sc4ccc(Cl)cc4Cl)cc(Cl)cc3[nH]2)CC1. The van der Waals surface area contributed by atoms with E-state index in [9.17, 15) is 4.79 Å². The molecule has 3 aromatic rings. The molecule has 0 spiro atoms. The Morgan fingerprint density at radius 1 is 1.10 bits per heavy atom. The normalized spacial score (nSPS) is 15.5. The van der Waals surface area contributed by atoms with E-state index in [1.807, 2.05) is 24.3 Å². The number of carbonyl (C=O) groups is 1. The minimum absolute atomic E-state index is 0.0966. The summed E-state index contributed by atoms with van der Waals surface area (Å²) in [7, 11) is 2.16. The monoisotopic (exact) mass is 495 g/mol. The summed E-state index contributed by atoms with van der Waals surface area (Å²) >= 11 is 20.2. The van der Waals surface area contributed by atoms with Crippen LogP contribution in [-0.4, -0.2) is 42.5 Å². The van der Waals surface area contributed by atoms with Gasteiger partial charge in [0, 0.05) is 37.3 Å². The summed E-state index contributed by atoms with van der Waals surface area (Å²) in [5.74, 6) is 0.589. The Morgan fingerprint density at radius 2 is 1.87 bits per heavy atom. The zero-order valence-corrected chi connectivity index (χ0v) is 20.3. The quantitative estimate of drug-likeness (QED) is 0.397. The minimum atomic E-state index is -0.0966. The van der Waals surface area contributed by atoms with Crippen molar-refractivity contribution in [2.45, 2.75) is 29.1 Å². The Morgan fingerprint density at radius 3 is 2.61 bits per heavy atom. The molecular weight excluding hydrogens is 473 g/mol. The minimum Gasteiger partial charge on any atom is -0.351 e. The fourth-order valence-corrected chi connectivity index (χ4v) is 5.69. The molecule has 0 bridgehead atoms. The van der Waals surface area contributed by atoms with Gasteiger partial charge in [-0.15, -0.1) is 0 Å². The number of aromatic nitrogens is 1. The molecule has 0 unspecified atom stereocenters. The first-order valence-corrected chi connectivity index (χ1v) is 12.3. The fraction of sp³-hybridized carbons (Fsp3) is 0.348. The third kappa shape index (κ3) is 5.71. The van der Waals surface area contributed by atoms with Crippen molar-refractivity contribution in [2.75, 3.05) is 26.7 Å². The van der Waals surface area contributed by atoms with E-state index in [4.69, 9.17) is 34.8 Å². The van der Waals surface area contributed by atoms with Gasteiger partial charge in [-0.25, -0.2) is 0 Å². The summed E-state index contributed by atoms with van der Waals surface area (Å²) < 4.78 is 0. The molecule has 2 N–H and O–H groups in total. The molecule has 0 atom stereocenters. The molecule has 2 aromatic carbocycles. The van der Waals surface area contributed by atoms with Crippen LogP contribution in [0.4, 0.5) is 0 Å². The lowest BCUT2D eigenvalue weighted by Gasteiger charge is -2.28. The number of hydrogen-bond acceptors (Lipinski definition) is 3. The van der Waals surface area contributed by atoms with E-state index < -0.39 is 0 Å². The van der Waals surface area contributed by atoms with Gasteiger partial charge in [-0.3, -0.25) is 4.79 Å². The lowest BCUT2D eigenvalue weighted by Crippen LogP contribution is -2.32. The highest BCUT2D eigenvalue weighted by molar-refractivity contribution is 7.99. The number of carbonyl (C=O) groups excluding carboxylic acids is 1. The maximum absolute atomic E-state index is 12.7. The largest absolute Gasteiger partial charge is 0.351 e. The molecule has 1 amide bonds. The van der Waals surface area contributed by atoms with Gasteiger partial charge in [0.05, 0.1) is 5.02 Å². The van der Waals surface area contributed by atoms with Crippen molar-refractivity contribution in [3.8, 4) is 0 Å². The van der Waals surface area contributed by atoms with E-state index in [-0.39, 0.29) is 5.91 Å². The van der Waals surface area contributed by atoms with Gasteiger partial charge in [0.15, 0.2) is 0 Å². The highest BCUT2D eigenvalue weighted by Crippen LogP contribution is 2.39. The summed E-state index contributed by atoms with van der Waals surface area (Å²) in [4.78, 5) is 20.1. The summed E-state index contributed by atoms with van der Waals surface area (Å²) in [6.07, 6.45) is 3.41. The van der Waals surface area contributed by atoms with Crippen molar-refractivity contribution in [3.63, 3.8) is 0 Å². The van der Waals surface area contributed by atoms with Crippen LogP contribution < -0.4 is 5.32 Å². The molecule has 1 saturated heterocycles. The lowest BCUT2D eigenvalue weighted by atomic mass is 9.94. The number of fused-ring (bicyclic) bond motifs is 1. The Bertz CT molecular complexity index is 1090. The van der Waals surface area contributed by atoms with Crippen LogP contribution in [0.5, 0.6) is 0 Å². The van der Waals surface area contributed by atoms with Crippen molar-refractivity contribution >= 4 is 63.4 Å². The first-order valence-electron chi connectivity index (χ1n) is 10.3. The number of rotatable bonds is 6. The molecule has 1 fully saturated rings. The summed E-state index contributed by atoms with van der Waals surface area (Å²) in [6.45, 7) is 2.96. The van der Waals surface area contributed by atoms with Crippen LogP contribution in [0.15, 0.2) is 46.2 Å². The summed E-state index contributed by atoms with van der Waals surface area (Å²) in [5, 5.41) is 5.75. The van der Waals surface area contributed by atoms with Gasteiger partial charge < -0.3 is 15.2 Å². The molecule has 4 rings (SSSR count). The summed E-state index contributed by atoms with van der Waals surface area (Å²) in [6, 6.07) is 11.0. The van der Waals surface area contributed by atoms with Crippen LogP contribution >= 0.6 is 46.6 Å². The number of halogens is 3. The Balaban J connectivity index is 1.47. The standard InChI is InChI=1S/C23H24Cl3N3OS/c1-29-8-5-14(6-9-29)4-7-27-23(30)20-13-17-19(28-20)11-16(25)12-22(17)31-21-3-2-15(24)10-18(21)26/h2-3,10-14,28H,4-9H2,1H3,(H,27,30). The fourth-order valence-electron chi connectivity index (χ4n) is 3.89. The van der Waals surface area contributed by atoms with Gasteiger partial charge in [0.2, 0.25) is 0 Å². The second-order valence-corrected chi connectivity index (χ2v) is 10.4. The molecule has 1 aromatic heterocycles. The van der Waals surface area contributed by atoms with Crippen molar-refractivity contribution in [1.82, 2.24) is 15.2 Å². The second-order valence-electron chi connectivity index (χ2n) is 8.02. The van der Waals surface area contributed by atoms with E-state index in [1.165, 1.54) is 24.6 Å². The number of H-pyrrole nitrogens is 1. The molecule has 164 valence electrons. The average Bonchev–Trinajstić information content (AvgIpc) is 3.16. The smallest absolute Gasteiger partial charge is 0.267 e. The number of amides is 1. The Hall–Kier alpha value is -1.37.